The van der Waals surface area contributed by atoms with Gasteiger partial charge in [-0.15, -0.1) is 0 Å². The van der Waals surface area contributed by atoms with Gasteiger partial charge in [-0.25, -0.2) is 0 Å². The van der Waals surface area contributed by atoms with Crippen molar-refractivity contribution < 1.29 is 0 Å². The summed E-state index contributed by atoms with van der Waals surface area (Å²) in [7, 11) is 0. The lowest BCUT2D eigenvalue weighted by Gasteiger charge is -2.03. The molecule has 0 aliphatic rings. The maximum absolute atomic E-state index is 5.87. The minimum absolute atomic E-state index is 0.612. The zero-order valence-electron chi connectivity index (χ0n) is 4.97. The molecule has 5 heteroatoms. The number of halogens is 5. The van der Waals surface area contributed by atoms with Crippen molar-refractivity contribution in [3.8, 4) is 0 Å². The second-order valence-corrected chi connectivity index (χ2v) is 5.01. The van der Waals surface area contributed by atoms with Crippen LogP contribution in [0.15, 0.2) is 19.5 Å². The molecule has 1 rings (SSSR count). The lowest BCUT2D eigenvalue weighted by molar-refractivity contribution is 1.55. The molecular weight excluding hydrogens is 383 g/mol. The molecule has 0 nitrogen and oxygen atoms in total. The zero-order chi connectivity index (χ0) is 8.59. The van der Waals surface area contributed by atoms with E-state index in [-0.39, 0.29) is 0 Å². The summed E-state index contributed by atoms with van der Waals surface area (Å²) < 4.78 is 2.31. The average Bonchev–Trinajstić information content (AvgIpc) is 1.97. The highest BCUT2D eigenvalue weighted by Crippen LogP contribution is 2.40. The smallest absolute Gasteiger partial charge is 0.0702 e. The van der Waals surface area contributed by atoms with E-state index < -0.39 is 0 Å². The van der Waals surface area contributed by atoms with Gasteiger partial charge < -0.3 is 0 Å². The highest BCUT2D eigenvalue weighted by Gasteiger charge is 2.09. The Morgan fingerprint density at radius 1 is 1.00 bits per heavy atom. The lowest BCUT2D eigenvalue weighted by Crippen LogP contribution is -1.76. The van der Waals surface area contributed by atoms with E-state index in [0.29, 0.717) is 10.0 Å². The van der Waals surface area contributed by atoms with Crippen LogP contribution in [0.2, 0.25) is 10.0 Å². The molecule has 0 unspecified atom stereocenters. The molecule has 0 bridgehead atoms. The fraction of sp³-hybridized carbons (Fsp3) is 0. The quantitative estimate of drug-likeness (QED) is 0.422. The molecule has 0 N–H and O–H groups in total. The van der Waals surface area contributed by atoms with E-state index >= 15 is 0 Å². The van der Waals surface area contributed by atoms with Crippen molar-refractivity contribution in [1.82, 2.24) is 0 Å². The van der Waals surface area contributed by atoms with Crippen LogP contribution in [0.5, 0.6) is 0 Å². The number of rotatable bonds is 0. The minimum Gasteiger partial charge on any atom is -0.0830 e. The predicted octanol–water partition coefficient (Wildman–Crippen LogP) is 5.28. The molecule has 60 valence electrons. The summed E-state index contributed by atoms with van der Waals surface area (Å²) in [6, 6.07) is 1.73. The summed E-state index contributed by atoms with van der Waals surface area (Å²) >= 11 is 21.5. The summed E-state index contributed by atoms with van der Waals surface area (Å²) in [6.07, 6.45) is 0. The Kier molecular flexibility index (Phi) is 3.72. The summed E-state index contributed by atoms with van der Waals surface area (Å²) in [4.78, 5) is 0. The van der Waals surface area contributed by atoms with Gasteiger partial charge in [0.15, 0.2) is 0 Å². The van der Waals surface area contributed by atoms with Crippen LogP contribution in [-0.2, 0) is 0 Å². The first kappa shape index (κ1) is 10.3. The lowest BCUT2D eigenvalue weighted by atomic mass is 10.4. The molecule has 0 aliphatic carbocycles. The van der Waals surface area contributed by atoms with Gasteiger partial charge in [0, 0.05) is 4.47 Å². The van der Waals surface area contributed by atoms with Gasteiger partial charge in [0.2, 0.25) is 0 Å². The van der Waals surface area contributed by atoms with Gasteiger partial charge in [0.1, 0.15) is 0 Å². The summed E-state index contributed by atoms with van der Waals surface area (Å²) in [6.45, 7) is 0. The maximum atomic E-state index is 5.87. The predicted molar refractivity (Wildman–Crippen MR) is 59.6 cm³/mol. The van der Waals surface area contributed by atoms with Crippen LogP contribution in [0, 0.1) is 0 Å². The van der Waals surface area contributed by atoms with Gasteiger partial charge in [-0.05, 0) is 53.9 Å². The standard InChI is InChI=1S/C6HBr3Cl2/c7-2-1-3(10)4(8)5(9)6(2)11/h1H. The average molecular weight is 384 g/mol. The molecule has 0 saturated heterocycles. The molecule has 0 radical (unpaired) electrons. The molecule has 0 atom stereocenters. The Morgan fingerprint density at radius 3 is 2.09 bits per heavy atom. The third kappa shape index (κ3) is 2.13. The fourth-order valence-corrected chi connectivity index (χ4v) is 2.69. The molecule has 1 aromatic carbocycles. The first-order valence-corrected chi connectivity index (χ1v) is 5.66. The van der Waals surface area contributed by atoms with Crippen LogP contribution in [0.25, 0.3) is 0 Å². The van der Waals surface area contributed by atoms with Gasteiger partial charge in [-0.2, -0.15) is 0 Å². The molecule has 1 aromatic rings. The van der Waals surface area contributed by atoms with Gasteiger partial charge >= 0.3 is 0 Å². The largest absolute Gasteiger partial charge is 0.0830 e. The Bertz CT molecular complexity index is 272. The topological polar surface area (TPSA) is 0 Å². The van der Waals surface area contributed by atoms with Crippen molar-refractivity contribution in [2.24, 2.45) is 0 Å². The van der Waals surface area contributed by atoms with Crippen molar-refractivity contribution in [3.63, 3.8) is 0 Å². The molecule has 0 saturated carbocycles. The monoisotopic (exact) mass is 380 g/mol. The third-order valence-electron chi connectivity index (χ3n) is 1.06. The summed E-state index contributed by atoms with van der Waals surface area (Å²) in [5.74, 6) is 0. The number of hydrogen-bond donors (Lipinski definition) is 0. The summed E-state index contributed by atoms with van der Waals surface area (Å²) in [5, 5.41) is 1.23. The van der Waals surface area contributed by atoms with Gasteiger partial charge in [0.25, 0.3) is 0 Å². The van der Waals surface area contributed by atoms with E-state index in [4.69, 9.17) is 23.2 Å². The SMILES string of the molecule is Clc1cc(Br)c(Cl)c(Br)c1Br. The van der Waals surface area contributed by atoms with Crippen LogP contribution in [0.3, 0.4) is 0 Å². The Hall–Kier alpha value is 1.24. The van der Waals surface area contributed by atoms with Crippen LogP contribution in [-0.4, -0.2) is 0 Å². The molecule has 0 amide bonds. The van der Waals surface area contributed by atoms with E-state index in [0.717, 1.165) is 13.4 Å². The second kappa shape index (κ2) is 3.97. The van der Waals surface area contributed by atoms with E-state index in [9.17, 15) is 0 Å². The van der Waals surface area contributed by atoms with Crippen LogP contribution in [0.1, 0.15) is 0 Å². The van der Waals surface area contributed by atoms with Crippen molar-refractivity contribution >= 4 is 71.0 Å². The third-order valence-corrected chi connectivity index (χ3v) is 5.21. The maximum Gasteiger partial charge on any atom is 0.0702 e. The first-order valence-electron chi connectivity index (χ1n) is 2.52. The molecular formula is C6HBr3Cl2. The Morgan fingerprint density at radius 2 is 1.55 bits per heavy atom. The fourth-order valence-electron chi connectivity index (χ4n) is 0.544. The van der Waals surface area contributed by atoms with Crippen LogP contribution in [0.4, 0.5) is 0 Å². The van der Waals surface area contributed by atoms with Crippen LogP contribution >= 0.6 is 71.0 Å². The molecule has 0 spiro atoms. The van der Waals surface area contributed by atoms with Gasteiger partial charge in [-0.1, -0.05) is 23.2 Å². The summed E-state index contributed by atoms with van der Waals surface area (Å²) in [5.41, 5.74) is 0. The second-order valence-electron chi connectivity index (χ2n) is 1.78. The van der Waals surface area contributed by atoms with Gasteiger partial charge in [0.05, 0.1) is 19.0 Å². The highest BCUT2D eigenvalue weighted by molar-refractivity contribution is 9.13. The van der Waals surface area contributed by atoms with Crippen molar-refractivity contribution in [1.29, 1.82) is 0 Å². The van der Waals surface area contributed by atoms with Crippen molar-refractivity contribution in [3.05, 3.63) is 29.5 Å². The van der Waals surface area contributed by atoms with Crippen molar-refractivity contribution in [2.75, 3.05) is 0 Å². The van der Waals surface area contributed by atoms with Crippen molar-refractivity contribution in [2.45, 2.75) is 0 Å². The molecule has 11 heavy (non-hydrogen) atoms. The van der Waals surface area contributed by atoms with Gasteiger partial charge in [-0.3, -0.25) is 0 Å². The Labute approximate surface area is 99.6 Å². The van der Waals surface area contributed by atoms with Crippen LogP contribution < -0.4 is 0 Å². The number of benzene rings is 1. The number of hydrogen-bond acceptors (Lipinski definition) is 0. The first-order chi connectivity index (χ1) is 5.04. The van der Waals surface area contributed by atoms with E-state index in [1.807, 2.05) is 0 Å². The molecule has 0 aliphatic heterocycles. The molecule has 0 heterocycles. The van der Waals surface area contributed by atoms with E-state index in [2.05, 4.69) is 47.8 Å². The van der Waals surface area contributed by atoms with E-state index in [1.54, 1.807) is 6.07 Å². The minimum atomic E-state index is 0.612. The normalized spacial score (nSPS) is 10.3. The molecule has 0 aromatic heterocycles. The highest BCUT2D eigenvalue weighted by atomic mass is 79.9. The van der Waals surface area contributed by atoms with E-state index in [1.165, 1.54) is 0 Å². The molecule has 0 fully saturated rings. The Balaban J connectivity index is 3.46. The zero-order valence-corrected chi connectivity index (χ0v) is 11.2.